The van der Waals surface area contributed by atoms with Crippen molar-refractivity contribution in [3.05, 3.63) is 42.0 Å². The van der Waals surface area contributed by atoms with Crippen LogP contribution >= 0.6 is 0 Å². The van der Waals surface area contributed by atoms with E-state index in [9.17, 15) is 33.9 Å². The number of amides is 1. The summed E-state index contributed by atoms with van der Waals surface area (Å²) in [7, 11) is -1.03. The Bertz CT molecular complexity index is 1160. The second-order valence-electron chi connectivity index (χ2n) is 11.4. The number of carbonyl (C=O) groups excluding carboxylic acids is 1. The van der Waals surface area contributed by atoms with Crippen molar-refractivity contribution in [1.82, 2.24) is 10.0 Å². The number of allylic oxidation sites excluding steroid dienone is 1. The highest BCUT2D eigenvalue weighted by Crippen LogP contribution is 2.27. The zero-order valence-electron chi connectivity index (χ0n) is 27.7. The number of nitrogens with one attached hydrogen (secondary N) is 2. The van der Waals surface area contributed by atoms with Gasteiger partial charge in [-0.05, 0) is 56.7 Å². The van der Waals surface area contributed by atoms with Gasteiger partial charge in [-0.1, -0.05) is 89.0 Å². The number of aliphatic hydroxyl groups is 1. The van der Waals surface area contributed by atoms with Crippen molar-refractivity contribution in [1.29, 1.82) is 0 Å². The molecule has 10 nitrogen and oxygen atoms in total. The number of carboxylic acid groups (broad SMARTS) is 2. The Balaban J connectivity index is 2.73. The molecule has 5 N–H and O–H groups in total. The molecular weight excluding hydrogens is 608 g/mol. The van der Waals surface area contributed by atoms with Crippen LogP contribution in [0.25, 0.3) is 0 Å². The van der Waals surface area contributed by atoms with E-state index in [1.165, 1.54) is 31.8 Å². The summed E-state index contributed by atoms with van der Waals surface area (Å²) in [6.07, 6.45) is 13.0. The maximum atomic E-state index is 13.4. The predicted molar refractivity (Wildman–Crippen MR) is 182 cm³/mol. The van der Waals surface area contributed by atoms with Crippen LogP contribution in [0.15, 0.2) is 36.4 Å². The summed E-state index contributed by atoms with van der Waals surface area (Å²) in [5.41, 5.74) is -1.78. The Labute approximate surface area is 277 Å². The SMILES string of the molecule is CC#CCOc1ccc(C[C@H](NC(=O)[C@@H](/C=C/CCCCCNS(=O)CCCCCCCC)[C@@](O)(CCC)C(=O)O)C(=O)O)cc1. The van der Waals surface area contributed by atoms with E-state index in [1.54, 1.807) is 44.2 Å². The third-order valence-electron chi connectivity index (χ3n) is 7.59. The molecule has 0 aliphatic rings. The molecule has 1 unspecified atom stereocenters. The van der Waals surface area contributed by atoms with Gasteiger partial charge in [0.05, 0.1) is 16.9 Å². The fourth-order valence-electron chi connectivity index (χ4n) is 4.92. The molecular formula is C35H54N2O8S. The monoisotopic (exact) mass is 662 g/mol. The van der Waals surface area contributed by atoms with Crippen molar-refractivity contribution in [2.24, 2.45) is 5.92 Å². The molecule has 0 saturated heterocycles. The molecule has 0 aromatic heterocycles. The van der Waals surface area contributed by atoms with Crippen molar-refractivity contribution >= 4 is 28.8 Å². The van der Waals surface area contributed by atoms with Crippen LogP contribution in [0.4, 0.5) is 0 Å². The van der Waals surface area contributed by atoms with Crippen LogP contribution in [0, 0.1) is 17.8 Å². The number of carboxylic acids is 2. The third-order valence-corrected chi connectivity index (χ3v) is 8.77. The van der Waals surface area contributed by atoms with Crippen molar-refractivity contribution in [3.63, 3.8) is 0 Å². The highest BCUT2D eigenvalue weighted by atomic mass is 32.2. The summed E-state index contributed by atoms with van der Waals surface area (Å²) in [4.78, 5) is 37.6. The largest absolute Gasteiger partial charge is 0.481 e. The summed E-state index contributed by atoms with van der Waals surface area (Å²) >= 11 is 0. The van der Waals surface area contributed by atoms with Crippen LogP contribution in [-0.2, 0) is 31.8 Å². The Hall–Kier alpha value is -3.20. The zero-order chi connectivity index (χ0) is 34.2. The van der Waals surface area contributed by atoms with E-state index < -0.39 is 46.4 Å². The Morgan fingerprint density at radius 2 is 1.65 bits per heavy atom. The smallest absolute Gasteiger partial charge is 0.336 e. The molecule has 1 rings (SSSR count). The van der Waals surface area contributed by atoms with Gasteiger partial charge in [0, 0.05) is 18.7 Å². The molecule has 0 aliphatic carbocycles. The lowest BCUT2D eigenvalue weighted by Gasteiger charge is -2.30. The second kappa shape index (κ2) is 24.0. The van der Waals surface area contributed by atoms with Gasteiger partial charge >= 0.3 is 11.9 Å². The fraction of sp³-hybridized carbons (Fsp3) is 0.629. The molecule has 0 radical (unpaired) electrons. The first-order valence-corrected chi connectivity index (χ1v) is 17.8. The lowest BCUT2D eigenvalue weighted by molar-refractivity contribution is -0.167. The van der Waals surface area contributed by atoms with Crippen LogP contribution in [0.1, 0.15) is 103 Å². The lowest BCUT2D eigenvalue weighted by Crippen LogP contribution is -2.54. The van der Waals surface area contributed by atoms with Gasteiger partial charge in [0.2, 0.25) is 5.91 Å². The van der Waals surface area contributed by atoms with E-state index in [0.717, 1.165) is 32.1 Å². The number of rotatable bonds is 26. The van der Waals surface area contributed by atoms with E-state index in [0.29, 0.717) is 36.5 Å². The van der Waals surface area contributed by atoms with Crippen molar-refractivity contribution < 1.29 is 38.6 Å². The molecule has 258 valence electrons. The molecule has 1 aromatic rings. The Kier molecular flexibility index (Phi) is 21.3. The van der Waals surface area contributed by atoms with Crippen molar-refractivity contribution in [3.8, 4) is 17.6 Å². The molecule has 0 bridgehead atoms. The van der Waals surface area contributed by atoms with Crippen LogP contribution < -0.4 is 14.8 Å². The summed E-state index contributed by atoms with van der Waals surface area (Å²) in [6.45, 7) is 6.44. The fourth-order valence-corrected chi connectivity index (χ4v) is 5.90. The molecule has 46 heavy (non-hydrogen) atoms. The van der Waals surface area contributed by atoms with Crippen molar-refractivity contribution in [2.75, 3.05) is 18.9 Å². The van der Waals surface area contributed by atoms with Crippen LogP contribution in [0.3, 0.4) is 0 Å². The molecule has 0 spiro atoms. The number of aliphatic carboxylic acids is 2. The zero-order valence-corrected chi connectivity index (χ0v) is 28.5. The lowest BCUT2D eigenvalue weighted by atomic mass is 9.82. The number of benzene rings is 1. The van der Waals surface area contributed by atoms with Gasteiger partial charge in [-0.15, -0.1) is 5.92 Å². The molecule has 11 heteroatoms. The van der Waals surface area contributed by atoms with Gasteiger partial charge in [0.1, 0.15) is 18.4 Å². The van der Waals surface area contributed by atoms with Gasteiger partial charge < -0.3 is 25.4 Å². The van der Waals surface area contributed by atoms with E-state index in [1.807, 2.05) is 0 Å². The maximum absolute atomic E-state index is 13.4. The van der Waals surface area contributed by atoms with Crippen LogP contribution in [0.5, 0.6) is 5.75 Å². The van der Waals surface area contributed by atoms with Crippen LogP contribution in [0.2, 0.25) is 0 Å². The van der Waals surface area contributed by atoms with Gasteiger partial charge in [-0.3, -0.25) is 4.79 Å². The Morgan fingerprint density at radius 3 is 2.28 bits per heavy atom. The minimum absolute atomic E-state index is 0.0520. The van der Waals surface area contributed by atoms with Crippen molar-refractivity contribution in [2.45, 2.75) is 116 Å². The van der Waals surface area contributed by atoms with Gasteiger partial charge in [-0.25, -0.2) is 18.5 Å². The predicted octanol–water partition coefficient (Wildman–Crippen LogP) is 5.16. The normalized spacial score (nSPS) is 14.4. The first-order valence-electron chi connectivity index (χ1n) is 16.5. The van der Waals surface area contributed by atoms with E-state index in [-0.39, 0.29) is 19.4 Å². The van der Waals surface area contributed by atoms with E-state index in [4.69, 9.17) is 4.74 Å². The summed E-state index contributed by atoms with van der Waals surface area (Å²) < 4.78 is 20.7. The standard InChI is InChI=1S/C35H54N2O8S/c1-4-7-9-10-14-17-26-46(44)36-24-16-13-11-12-15-18-30(35(43,23-6-3)34(41)42)32(38)37-31(33(39)40)27-28-19-21-29(22-20-28)45-25-8-5-2/h15,18-22,30-31,36,43H,4,6-7,9-14,16-17,23-27H2,1-3H3,(H,37,38)(H,39,40)(H,41,42)/b18-15+/t30-,31+,35+,46?/m1/s1. The van der Waals surface area contributed by atoms with E-state index >= 15 is 0 Å². The topological polar surface area (TPSA) is 162 Å². The minimum atomic E-state index is -2.40. The summed E-state index contributed by atoms with van der Waals surface area (Å²) in [6, 6.07) is 5.37. The highest BCUT2D eigenvalue weighted by Gasteiger charge is 2.46. The average molecular weight is 663 g/mol. The highest BCUT2D eigenvalue weighted by molar-refractivity contribution is 7.83. The van der Waals surface area contributed by atoms with E-state index in [2.05, 4.69) is 28.8 Å². The average Bonchev–Trinajstić information content (AvgIpc) is 3.02. The van der Waals surface area contributed by atoms with Gasteiger partial charge in [-0.2, -0.15) is 0 Å². The molecule has 0 heterocycles. The number of unbranched alkanes of at least 4 members (excludes halogenated alkanes) is 8. The number of ether oxygens (including phenoxy) is 1. The molecule has 0 saturated carbocycles. The van der Waals surface area contributed by atoms with Crippen LogP contribution in [-0.4, -0.2) is 67.9 Å². The van der Waals surface area contributed by atoms with Gasteiger partial charge in [0.25, 0.3) is 0 Å². The molecule has 1 aromatic carbocycles. The number of hydrogen-bond donors (Lipinski definition) is 5. The maximum Gasteiger partial charge on any atom is 0.336 e. The van der Waals surface area contributed by atoms with Gasteiger partial charge in [0.15, 0.2) is 5.60 Å². The number of carbonyl (C=O) groups is 3. The number of hydrogen-bond acceptors (Lipinski definition) is 6. The summed E-state index contributed by atoms with van der Waals surface area (Å²) in [5.74, 6) is 1.53. The first-order chi connectivity index (χ1) is 22.1. The quantitative estimate of drug-likeness (QED) is 0.0516. The first kappa shape index (κ1) is 40.8. The summed E-state index contributed by atoms with van der Waals surface area (Å²) in [5, 5.41) is 33.3. The minimum Gasteiger partial charge on any atom is -0.481 e. The molecule has 1 amide bonds. The second-order valence-corrected chi connectivity index (χ2v) is 12.8. The Morgan fingerprint density at radius 1 is 0.978 bits per heavy atom. The third kappa shape index (κ3) is 16.4. The molecule has 0 fully saturated rings. The molecule has 4 atom stereocenters. The molecule has 0 aliphatic heterocycles.